The van der Waals surface area contributed by atoms with Crippen molar-refractivity contribution in [3.05, 3.63) is 34.2 Å². The van der Waals surface area contributed by atoms with Gasteiger partial charge in [0.1, 0.15) is 0 Å². The average Bonchev–Trinajstić information content (AvgIpc) is 3.55. The molecule has 2 rings (SSSR count). The van der Waals surface area contributed by atoms with Crippen molar-refractivity contribution in [2.24, 2.45) is 5.11 Å². The van der Waals surface area contributed by atoms with Gasteiger partial charge in [0.25, 0.3) is 0 Å². The van der Waals surface area contributed by atoms with Gasteiger partial charge in [-0.25, -0.2) is 4.68 Å². The number of thioether (sulfide) groups is 1. The molecule has 0 saturated heterocycles. The van der Waals surface area contributed by atoms with E-state index in [4.69, 9.17) is 5.53 Å². The lowest BCUT2D eigenvalue weighted by Crippen LogP contribution is -2.30. The molecule has 16 heteroatoms. The molecule has 2 heterocycles. The Morgan fingerprint density at radius 3 is 2.35 bits per heavy atom. The molecule has 0 aliphatic rings. The monoisotopic (exact) mass is 576 g/mol. The van der Waals surface area contributed by atoms with Crippen LogP contribution in [0.4, 0.5) is 0 Å². The van der Waals surface area contributed by atoms with Crippen molar-refractivity contribution in [1.82, 2.24) is 45.5 Å². The number of hydrogen-bond donors (Lipinski definition) is 2. The molecule has 15 nitrogen and oxygen atoms in total. The summed E-state index contributed by atoms with van der Waals surface area (Å²) in [6.45, 7) is 11.3. The van der Waals surface area contributed by atoms with Crippen molar-refractivity contribution < 1.29 is 14.4 Å². The molecule has 0 aliphatic carbocycles. The fraction of sp³-hybridized carbons (Fsp3) is 0.708. The summed E-state index contributed by atoms with van der Waals surface area (Å²) >= 11 is 0.971. The summed E-state index contributed by atoms with van der Waals surface area (Å²) in [5, 5.41) is 26.1. The van der Waals surface area contributed by atoms with Crippen LogP contribution in [0.3, 0.4) is 0 Å². The predicted molar refractivity (Wildman–Crippen MR) is 151 cm³/mol. The van der Waals surface area contributed by atoms with E-state index in [9.17, 15) is 14.4 Å². The molecule has 0 radical (unpaired) electrons. The molecule has 0 aromatic carbocycles. The Morgan fingerprint density at radius 2 is 1.70 bits per heavy atom. The van der Waals surface area contributed by atoms with Crippen LogP contribution < -0.4 is 10.6 Å². The maximum Gasteiger partial charge on any atom is 0.230 e. The second kappa shape index (κ2) is 17.3. The number of amides is 2. The molecule has 220 valence electrons. The number of carbonyl (C=O) groups is 3. The Kier molecular flexibility index (Phi) is 14.1. The molecule has 0 atom stereocenters. The number of nitrogens with one attached hydrogen (secondary N) is 2. The van der Waals surface area contributed by atoms with Crippen LogP contribution >= 0.6 is 11.8 Å². The highest BCUT2D eigenvalue weighted by Gasteiger charge is 2.17. The lowest BCUT2D eigenvalue weighted by Gasteiger charge is -2.20. The first-order chi connectivity index (χ1) is 19.1. The summed E-state index contributed by atoms with van der Waals surface area (Å²) < 4.78 is 3.56. The normalized spacial score (nSPS) is 11.3. The van der Waals surface area contributed by atoms with Crippen molar-refractivity contribution in [2.45, 2.75) is 78.6 Å². The lowest BCUT2D eigenvalue weighted by atomic mass is 10.1. The van der Waals surface area contributed by atoms with Gasteiger partial charge >= 0.3 is 0 Å². The summed E-state index contributed by atoms with van der Waals surface area (Å²) in [6.07, 6.45) is 6.09. The van der Waals surface area contributed by atoms with Crippen LogP contribution in [0.15, 0.2) is 17.5 Å². The van der Waals surface area contributed by atoms with Crippen LogP contribution in [-0.4, -0.2) is 83.7 Å². The van der Waals surface area contributed by atoms with Crippen molar-refractivity contribution in [1.29, 1.82) is 0 Å². The molecule has 2 aromatic rings. The number of hydrogen-bond acceptors (Lipinski definition) is 10. The van der Waals surface area contributed by atoms with Gasteiger partial charge in [-0.15, -0.1) is 10.2 Å². The summed E-state index contributed by atoms with van der Waals surface area (Å²) in [5.41, 5.74) is 10.0. The van der Waals surface area contributed by atoms with Crippen LogP contribution in [0, 0.1) is 0 Å². The standard InChI is InChI=1S/C24H40N12O3S/c1-19(37)40-18-23(39)27-10-6-9-26-22(38)8-5-13-35-16-20(29-32-35)14-34(12-7-11-28-31-25)15-21-17-36(33-30-21)24(2,3)4/h16-17H,5-15,18H2,1-4H3,(H,26,38)(H,27,39). The van der Waals surface area contributed by atoms with Crippen molar-refractivity contribution in [3.8, 4) is 0 Å². The number of azide groups is 1. The van der Waals surface area contributed by atoms with Gasteiger partial charge < -0.3 is 10.6 Å². The van der Waals surface area contributed by atoms with E-state index < -0.39 is 0 Å². The number of carbonyl (C=O) groups excluding carboxylic acids is 3. The minimum Gasteiger partial charge on any atom is -0.356 e. The minimum atomic E-state index is -0.191. The Balaban J connectivity index is 1.74. The molecule has 2 N–H and O–H groups in total. The smallest absolute Gasteiger partial charge is 0.230 e. The molecular weight excluding hydrogens is 536 g/mol. The largest absolute Gasteiger partial charge is 0.356 e. The highest BCUT2D eigenvalue weighted by Crippen LogP contribution is 2.14. The predicted octanol–water partition coefficient (Wildman–Crippen LogP) is 2.01. The zero-order chi connectivity index (χ0) is 29.4. The van der Waals surface area contributed by atoms with E-state index in [0.717, 1.165) is 23.1 Å². The van der Waals surface area contributed by atoms with Crippen LogP contribution in [0.25, 0.3) is 10.4 Å². The molecule has 0 fully saturated rings. The van der Waals surface area contributed by atoms with E-state index in [0.29, 0.717) is 71.5 Å². The van der Waals surface area contributed by atoms with Gasteiger partial charge in [-0.1, -0.05) is 27.3 Å². The van der Waals surface area contributed by atoms with Gasteiger partial charge in [-0.2, -0.15) is 0 Å². The van der Waals surface area contributed by atoms with E-state index >= 15 is 0 Å². The maximum atomic E-state index is 12.1. The van der Waals surface area contributed by atoms with Crippen LogP contribution in [0.2, 0.25) is 0 Å². The Labute approximate surface area is 238 Å². The third-order valence-electron chi connectivity index (χ3n) is 5.58. The number of rotatable bonds is 18. The number of aryl methyl sites for hydroxylation is 1. The molecule has 2 aromatic heterocycles. The molecular formula is C24H40N12O3S. The van der Waals surface area contributed by atoms with Gasteiger partial charge in [0.05, 0.1) is 28.9 Å². The Bertz CT molecular complexity index is 1140. The fourth-order valence-corrected chi connectivity index (χ4v) is 3.99. The van der Waals surface area contributed by atoms with E-state index in [1.54, 1.807) is 4.68 Å². The summed E-state index contributed by atoms with van der Waals surface area (Å²) in [7, 11) is 0. The SMILES string of the molecule is CC(=O)SCC(=O)NCCCNC(=O)CCCn1cc(CN(CCCN=[N+]=[N-])Cc2cn(C(C)(C)C)nn2)nn1. The highest BCUT2D eigenvalue weighted by molar-refractivity contribution is 8.14. The average molecular weight is 577 g/mol. The molecule has 0 unspecified atom stereocenters. The summed E-state index contributed by atoms with van der Waals surface area (Å²) in [6, 6.07) is 0. The lowest BCUT2D eigenvalue weighted by molar-refractivity contribution is -0.121. The van der Waals surface area contributed by atoms with E-state index in [2.05, 4.69) is 67.0 Å². The first kappa shape index (κ1) is 32.7. The Hall–Kier alpha value is -3.49. The van der Waals surface area contributed by atoms with Gasteiger partial charge in [0.15, 0.2) is 5.12 Å². The topological polar surface area (TPSA) is 189 Å². The zero-order valence-corrected chi connectivity index (χ0v) is 24.6. The first-order valence-electron chi connectivity index (χ1n) is 13.3. The van der Waals surface area contributed by atoms with Crippen molar-refractivity contribution in [3.63, 3.8) is 0 Å². The van der Waals surface area contributed by atoms with Gasteiger partial charge in [0.2, 0.25) is 11.8 Å². The molecule has 40 heavy (non-hydrogen) atoms. The fourth-order valence-electron chi connectivity index (χ4n) is 3.55. The minimum absolute atomic E-state index is 0.0618. The third kappa shape index (κ3) is 13.5. The molecule has 0 saturated carbocycles. The molecule has 2 amide bonds. The zero-order valence-electron chi connectivity index (χ0n) is 23.7. The number of nitrogens with zero attached hydrogens (tertiary/aromatic N) is 10. The molecule has 0 bridgehead atoms. The summed E-state index contributed by atoms with van der Waals surface area (Å²) in [5.74, 6) is -0.141. The third-order valence-corrected chi connectivity index (χ3v) is 6.39. The van der Waals surface area contributed by atoms with Crippen molar-refractivity contribution >= 4 is 28.7 Å². The highest BCUT2D eigenvalue weighted by atomic mass is 32.2. The van der Waals surface area contributed by atoms with E-state index in [1.807, 2.05) is 17.1 Å². The maximum absolute atomic E-state index is 12.1. The number of aromatic nitrogens is 6. The van der Waals surface area contributed by atoms with Gasteiger partial charge in [0, 0.05) is 63.7 Å². The van der Waals surface area contributed by atoms with Crippen LogP contribution in [0.5, 0.6) is 0 Å². The van der Waals surface area contributed by atoms with Crippen LogP contribution in [-0.2, 0) is 39.6 Å². The molecule has 0 aliphatic heterocycles. The second-order valence-electron chi connectivity index (χ2n) is 10.3. The van der Waals surface area contributed by atoms with Gasteiger partial charge in [-0.05, 0) is 52.1 Å². The van der Waals surface area contributed by atoms with Gasteiger partial charge in [-0.3, -0.25) is 24.0 Å². The molecule has 0 spiro atoms. The summed E-state index contributed by atoms with van der Waals surface area (Å²) in [4.78, 5) is 39.5. The first-order valence-corrected chi connectivity index (χ1v) is 14.3. The quantitative estimate of drug-likeness (QED) is 0.116. The van der Waals surface area contributed by atoms with E-state index in [-0.39, 0.29) is 28.2 Å². The second-order valence-corrected chi connectivity index (χ2v) is 11.4. The van der Waals surface area contributed by atoms with Crippen molar-refractivity contribution in [2.75, 3.05) is 31.9 Å². The van der Waals surface area contributed by atoms with E-state index in [1.165, 1.54) is 6.92 Å². The van der Waals surface area contributed by atoms with Crippen LogP contribution in [0.1, 0.15) is 64.8 Å². The Morgan fingerprint density at radius 1 is 1.02 bits per heavy atom.